The van der Waals surface area contributed by atoms with E-state index in [2.05, 4.69) is 0 Å². The lowest BCUT2D eigenvalue weighted by atomic mass is 10.00. The van der Waals surface area contributed by atoms with Crippen LogP contribution in [0.15, 0.2) is 66.0 Å². The zero-order valence-electron chi connectivity index (χ0n) is 18.7. The first kappa shape index (κ1) is 23.0. The predicted octanol–water partition coefficient (Wildman–Crippen LogP) is 4.94. The Balaban J connectivity index is 1.52. The smallest absolute Gasteiger partial charge is 0.254 e. The lowest BCUT2D eigenvalue weighted by Crippen LogP contribution is -2.49. The molecule has 0 aliphatic carbocycles. The van der Waals surface area contributed by atoms with Crippen molar-refractivity contribution in [2.75, 3.05) is 19.7 Å². The van der Waals surface area contributed by atoms with Crippen molar-refractivity contribution in [3.8, 4) is 5.75 Å². The van der Waals surface area contributed by atoms with Crippen LogP contribution in [0.5, 0.6) is 5.75 Å². The van der Waals surface area contributed by atoms with Gasteiger partial charge in [0, 0.05) is 23.0 Å². The summed E-state index contributed by atoms with van der Waals surface area (Å²) in [6.45, 7) is 4.65. The van der Waals surface area contributed by atoms with Gasteiger partial charge in [-0.15, -0.1) is 11.3 Å². The zero-order valence-corrected chi connectivity index (χ0v) is 19.6. The fraction of sp³-hybridized carbons (Fsp3) is 0.308. The van der Waals surface area contributed by atoms with Crippen LogP contribution < -0.4 is 4.74 Å². The second kappa shape index (κ2) is 10.2. The number of thiophene rings is 1. The highest BCUT2D eigenvalue weighted by Crippen LogP contribution is 2.34. The van der Waals surface area contributed by atoms with Gasteiger partial charge in [0.25, 0.3) is 5.91 Å². The quantitative estimate of drug-likeness (QED) is 0.495. The second-order valence-corrected chi connectivity index (χ2v) is 9.31. The van der Waals surface area contributed by atoms with Gasteiger partial charge in [-0.1, -0.05) is 18.2 Å². The van der Waals surface area contributed by atoms with Crippen LogP contribution in [0.3, 0.4) is 0 Å². The molecule has 7 heteroatoms. The summed E-state index contributed by atoms with van der Waals surface area (Å²) in [4.78, 5) is 31.2. The summed E-state index contributed by atoms with van der Waals surface area (Å²) >= 11 is 1.68. The Morgan fingerprint density at radius 3 is 2.55 bits per heavy atom. The number of carbonyl (C=O) groups is 2. The summed E-state index contributed by atoms with van der Waals surface area (Å²) in [7, 11) is 0. The number of amides is 2. The van der Waals surface area contributed by atoms with Crippen LogP contribution >= 0.6 is 11.3 Å². The van der Waals surface area contributed by atoms with E-state index in [1.165, 1.54) is 17.0 Å². The summed E-state index contributed by atoms with van der Waals surface area (Å²) in [6, 6.07) is 16.5. The molecule has 0 radical (unpaired) electrons. The fourth-order valence-corrected chi connectivity index (χ4v) is 4.98. The maximum Gasteiger partial charge on any atom is 0.254 e. The third-order valence-corrected chi connectivity index (χ3v) is 6.84. The van der Waals surface area contributed by atoms with E-state index in [1.807, 2.05) is 48.4 Å². The molecule has 0 unspecified atom stereocenters. The maximum atomic E-state index is 13.5. The Kier molecular flexibility index (Phi) is 7.08. The summed E-state index contributed by atoms with van der Waals surface area (Å²) in [5, 5.41) is 2.03. The monoisotopic (exact) mass is 466 g/mol. The van der Waals surface area contributed by atoms with Crippen LogP contribution in [0.4, 0.5) is 4.39 Å². The Morgan fingerprint density at radius 1 is 1.12 bits per heavy atom. The van der Waals surface area contributed by atoms with Crippen LogP contribution in [0, 0.1) is 5.82 Å². The standard InChI is InChI=1S/C26H27FN2O3S/c1-18(2)29(26(31)19-6-4-3-5-7-19)16-25(30)28-14-12-24-22(13-15-33-24)23(28)17-32-21-10-8-20(27)9-11-21/h3-11,13,15,18,23H,12,14,16-17H2,1-2H3/t23-/m0/s1. The van der Waals surface area contributed by atoms with Crippen LogP contribution in [0.2, 0.25) is 0 Å². The molecule has 0 bridgehead atoms. The lowest BCUT2D eigenvalue weighted by molar-refractivity contribution is -0.136. The van der Waals surface area contributed by atoms with Crippen molar-refractivity contribution >= 4 is 23.2 Å². The van der Waals surface area contributed by atoms with E-state index in [0.29, 0.717) is 17.9 Å². The molecule has 33 heavy (non-hydrogen) atoms. The fourth-order valence-electron chi connectivity index (χ4n) is 4.05. The minimum atomic E-state index is -0.325. The van der Waals surface area contributed by atoms with Gasteiger partial charge in [-0.2, -0.15) is 0 Å². The molecule has 1 aliphatic rings. The van der Waals surface area contributed by atoms with E-state index in [-0.39, 0.29) is 42.9 Å². The normalized spacial score (nSPS) is 15.3. The molecule has 172 valence electrons. The van der Waals surface area contributed by atoms with Gasteiger partial charge in [0.05, 0.1) is 6.04 Å². The van der Waals surface area contributed by atoms with Gasteiger partial charge in [0.15, 0.2) is 0 Å². The van der Waals surface area contributed by atoms with Gasteiger partial charge < -0.3 is 14.5 Å². The highest BCUT2D eigenvalue weighted by atomic mass is 32.1. The number of rotatable bonds is 7. The first-order valence-electron chi connectivity index (χ1n) is 11.0. The highest BCUT2D eigenvalue weighted by molar-refractivity contribution is 7.10. The molecule has 5 nitrogen and oxygen atoms in total. The number of hydrogen-bond donors (Lipinski definition) is 0. The van der Waals surface area contributed by atoms with Gasteiger partial charge in [0.2, 0.25) is 5.91 Å². The van der Waals surface area contributed by atoms with Crippen LogP contribution in [0.1, 0.15) is 40.7 Å². The number of fused-ring (bicyclic) bond motifs is 1. The predicted molar refractivity (Wildman–Crippen MR) is 127 cm³/mol. The Hall–Kier alpha value is -3.19. The molecule has 2 heterocycles. The first-order valence-corrected chi connectivity index (χ1v) is 11.9. The first-order chi connectivity index (χ1) is 15.9. The van der Waals surface area contributed by atoms with E-state index in [1.54, 1.807) is 40.5 Å². The van der Waals surface area contributed by atoms with Crippen molar-refractivity contribution in [2.24, 2.45) is 0 Å². The van der Waals surface area contributed by atoms with Gasteiger partial charge in [-0.3, -0.25) is 9.59 Å². The Morgan fingerprint density at radius 2 is 1.85 bits per heavy atom. The average molecular weight is 467 g/mol. The van der Waals surface area contributed by atoms with Gasteiger partial charge >= 0.3 is 0 Å². The maximum absolute atomic E-state index is 13.5. The summed E-state index contributed by atoms with van der Waals surface area (Å²) in [5.41, 5.74) is 1.64. The molecule has 0 spiro atoms. The molecule has 0 fully saturated rings. The molecular weight excluding hydrogens is 439 g/mol. The average Bonchev–Trinajstić information content (AvgIpc) is 3.31. The van der Waals surface area contributed by atoms with E-state index in [9.17, 15) is 14.0 Å². The third-order valence-electron chi connectivity index (χ3n) is 5.85. The molecule has 0 saturated carbocycles. The van der Waals surface area contributed by atoms with E-state index in [4.69, 9.17) is 4.74 Å². The van der Waals surface area contributed by atoms with Crippen LogP contribution in [-0.2, 0) is 11.2 Å². The summed E-state index contributed by atoms with van der Waals surface area (Å²) in [6.07, 6.45) is 0.778. The van der Waals surface area contributed by atoms with Crippen molar-refractivity contribution in [1.29, 1.82) is 0 Å². The largest absolute Gasteiger partial charge is 0.491 e. The van der Waals surface area contributed by atoms with E-state index < -0.39 is 0 Å². The minimum Gasteiger partial charge on any atom is -0.491 e. The Bertz CT molecular complexity index is 1100. The van der Waals surface area contributed by atoms with Crippen molar-refractivity contribution in [3.05, 3.63) is 87.9 Å². The topological polar surface area (TPSA) is 49.9 Å². The summed E-state index contributed by atoms with van der Waals surface area (Å²) < 4.78 is 19.2. The summed E-state index contributed by atoms with van der Waals surface area (Å²) in [5.74, 6) is -0.0492. The van der Waals surface area contributed by atoms with E-state index in [0.717, 1.165) is 12.0 Å². The highest BCUT2D eigenvalue weighted by Gasteiger charge is 2.34. The molecule has 0 N–H and O–H groups in total. The van der Waals surface area contributed by atoms with Gasteiger partial charge in [-0.25, -0.2) is 4.39 Å². The lowest BCUT2D eigenvalue weighted by Gasteiger charge is -2.37. The molecule has 1 aliphatic heterocycles. The molecule has 3 aromatic rings. The van der Waals surface area contributed by atoms with Gasteiger partial charge in [0.1, 0.15) is 24.7 Å². The Labute approximate surface area is 197 Å². The SMILES string of the molecule is CC(C)N(CC(=O)N1CCc2sccc2[C@@H]1COc1ccc(F)cc1)C(=O)c1ccccc1. The third kappa shape index (κ3) is 5.25. The number of hydrogen-bond acceptors (Lipinski definition) is 4. The molecular formula is C26H27FN2O3S. The number of halogens is 1. The molecule has 0 saturated heterocycles. The molecule has 1 aromatic heterocycles. The van der Waals surface area contributed by atoms with Gasteiger partial charge in [-0.05, 0) is 73.7 Å². The number of nitrogens with zero attached hydrogens (tertiary/aromatic N) is 2. The number of benzene rings is 2. The number of carbonyl (C=O) groups excluding carboxylic acids is 2. The molecule has 2 aromatic carbocycles. The van der Waals surface area contributed by atoms with Crippen molar-refractivity contribution in [3.63, 3.8) is 0 Å². The van der Waals surface area contributed by atoms with Crippen molar-refractivity contribution in [1.82, 2.24) is 9.80 Å². The molecule has 2 amide bonds. The molecule has 1 atom stereocenters. The van der Waals surface area contributed by atoms with Crippen LogP contribution in [0.25, 0.3) is 0 Å². The van der Waals surface area contributed by atoms with Crippen molar-refractivity contribution < 1.29 is 18.7 Å². The van der Waals surface area contributed by atoms with Crippen LogP contribution in [-0.4, -0.2) is 47.4 Å². The number of ether oxygens (including phenoxy) is 1. The van der Waals surface area contributed by atoms with Crippen molar-refractivity contribution in [2.45, 2.75) is 32.4 Å². The molecule has 4 rings (SSSR count). The minimum absolute atomic E-state index is 0.00207. The zero-order chi connectivity index (χ0) is 23.4. The second-order valence-electron chi connectivity index (χ2n) is 8.31. The van der Waals surface area contributed by atoms with E-state index >= 15 is 0 Å².